The fraction of sp³-hybridized carbons (Fsp3) is 0.0556. The van der Waals surface area contributed by atoms with Crippen LogP contribution >= 0.6 is 0 Å². The number of para-hydroxylation sites is 2. The summed E-state index contributed by atoms with van der Waals surface area (Å²) in [6, 6.07) is 14.1. The standard InChI is InChI=1S/C18H13FN6O2/c1-23-18(27)25(22-21-23)15-8-4-2-6-12(15)17(26)14-10-11-24(20-14)16-9-5-3-7-13(16)19/h2-11H,1H3. The molecule has 134 valence electrons. The highest BCUT2D eigenvalue weighted by molar-refractivity contribution is 6.10. The average Bonchev–Trinajstić information content (AvgIpc) is 3.29. The first-order valence-electron chi connectivity index (χ1n) is 8.00. The van der Waals surface area contributed by atoms with E-state index in [4.69, 9.17) is 0 Å². The van der Waals surface area contributed by atoms with Crippen molar-refractivity contribution < 1.29 is 9.18 Å². The summed E-state index contributed by atoms with van der Waals surface area (Å²) in [5.74, 6) is -0.871. The van der Waals surface area contributed by atoms with Crippen molar-refractivity contribution in [3.8, 4) is 11.4 Å². The molecular formula is C18H13FN6O2. The normalized spacial score (nSPS) is 10.9. The van der Waals surface area contributed by atoms with Crippen molar-refractivity contribution in [3.63, 3.8) is 0 Å². The lowest BCUT2D eigenvalue weighted by Gasteiger charge is -2.06. The minimum atomic E-state index is -0.480. The Morgan fingerprint density at radius 3 is 2.37 bits per heavy atom. The lowest BCUT2D eigenvalue weighted by Crippen LogP contribution is -2.23. The summed E-state index contributed by atoms with van der Waals surface area (Å²) < 4.78 is 17.3. The van der Waals surface area contributed by atoms with Gasteiger partial charge in [0.15, 0.2) is 0 Å². The van der Waals surface area contributed by atoms with E-state index in [1.54, 1.807) is 42.5 Å². The van der Waals surface area contributed by atoms with E-state index in [-0.39, 0.29) is 16.9 Å². The van der Waals surface area contributed by atoms with E-state index in [0.717, 1.165) is 9.36 Å². The van der Waals surface area contributed by atoms with Crippen LogP contribution in [0, 0.1) is 5.82 Å². The number of ketones is 1. The first-order chi connectivity index (χ1) is 13.1. The van der Waals surface area contributed by atoms with Crippen molar-refractivity contribution >= 4 is 5.78 Å². The fourth-order valence-electron chi connectivity index (χ4n) is 2.67. The lowest BCUT2D eigenvalue weighted by atomic mass is 10.1. The number of hydrogen-bond acceptors (Lipinski definition) is 5. The van der Waals surface area contributed by atoms with Gasteiger partial charge in [0.05, 0.1) is 11.3 Å². The molecule has 0 unspecified atom stereocenters. The maximum Gasteiger partial charge on any atom is 0.368 e. The van der Waals surface area contributed by atoms with Gasteiger partial charge in [-0.15, -0.1) is 0 Å². The smallest absolute Gasteiger partial charge is 0.287 e. The van der Waals surface area contributed by atoms with Crippen LogP contribution in [0.25, 0.3) is 11.4 Å². The molecule has 0 amide bonds. The fourth-order valence-corrected chi connectivity index (χ4v) is 2.67. The maximum atomic E-state index is 13.9. The molecule has 0 aliphatic carbocycles. The van der Waals surface area contributed by atoms with Crippen molar-refractivity contribution in [2.24, 2.45) is 7.05 Å². The minimum absolute atomic E-state index is 0.114. The highest BCUT2D eigenvalue weighted by Gasteiger charge is 2.20. The molecule has 2 heterocycles. The van der Waals surface area contributed by atoms with E-state index < -0.39 is 17.3 Å². The van der Waals surface area contributed by atoms with Crippen LogP contribution in [-0.4, -0.2) is 35.4 Å². The Morgan fingerprint density at radius 2 is 1.67 bits per heavy atom. The highest BCUT2D eigenvalue weighted by Crippen LogP contribution is 2.18. The number of carbonyl (C=O) groups excluding carboxylic acids is 1. The first-order valence-corrected chi connectivity index (χ1v) is 8.00. The molecule has 8 nitrogen and oxygen atoms in total. The zero-order chi connectivity index (χ0) is 19.0. The molecule has 0 aliphatic heterocycles. The van der Waals surface area contributed by atoms with Crippen LogP contribution in [-0.2, 0) is 7.05 Å². The average molecular weight is 364 g/mol. The molecule has 0 N–H and O–H groups in total. The summed E-state index contributed by atoms with van der Waals surface area (Å²) in [6.45, 7) is 0. The Hall–Kier alpha value is -3.88. The summed E-state index contributed by atoms with van der Waals surface area (Å²) in [6.07, 6.45) is 1.50. The molecule has 2 aromatic heterocycles. The lowest BCUT2D eigenvalue weighted by molar-refractivity contribution is 0.103. The Balaban J connectivity index is 1.76. The number of halogens is 1. The van der Waals surface area contributed by atoms with Gasteiger partial charge in [-0.1, -0.05) is 24.3 Å². The topological polar surface area (TPSA) is 87.6 Å². The zero-order valence-corrected chi connectivity index (χ0v) is 14.2. The summed E-state index contributed by atoms with van der Waals surface area (Å²) in [4.78, 5) is 25.1. The van der Waals surface area contributed by atoms with E-state index in [9.17, 15) is 14.0 Å². The monoisotopic (exact) mass is 364 g/mol. The Bertz CT molecular complexity index is 1210. The zero-order valence-electron chi connectivity index (χ0n) is 14.2. The van der Waals surface area contributed by atoms with E-state index in [2.05, 4.69) is 15.5 Å². The number of tetrazole rings is 1. The van der Waals surface area contributed by atoms with Gasteiger partial charge in [-0.2, -0.15) is 14.5 Å². The summed E-state index contributed by atoms with van der Waals surface area (Å²) in [7, 11) is 1.46. The number of benzene rings is 2. The van der Waals surface area contributed by atoms with E-state index >= 15 is 0 Å². The SMILES string of the molecule is Cn1nnn(-c2ccccc2C(=O)c2ccn(-c3ccccc3F)n2)c1=O. The van der Waals surface area contributed by atoms with Crippen LogP contribution in [0.3, 0.4) is 0 Å². The van der Waals surface area contributed by atoms with E-state index in [1.807, 2.05) is 0 Å². The summed E-state index contributed by atoms with van der Waals surface area (Å²) in [5.41, 5.74) is 0.393. The third kappa shape index (κ3) is 2.84. The van der Waals surface area contributed by atoms with Gasteiger partial charge in [0.1, 0.15) is 17.2 Å². The largest absolute Gasteiger partial charge is 0.368 e. The van der Waals surface area contributed by atoms with Crippen molar-refractivity contribution in [2.45, 2.75) is 0 Å². The van der Waals surface area contributed by atoms with Crippen molar-refractivity contribution in [3.05, 3.63) is 88.4 Å². The predicted molar refractivity (Wildman–Crippen MR) is 93.6 cm³/mol. The molecule has 0 atom stereocenters. The Labute approximate surface area is 152 Å². The van der Waals surface area contributed by atoms with Crippen LogP contribution < -0.4 is 5.69 Å². The molecule has 27 heavy (non-hydrogen) atoms. The molecule has 0 saturated heterocycles. The molecule has 4 aromatic rings. The summed E-state index contributed by atoms with van der Waals surface area (Å²) in [5, 5.41) is 11.6. The minimum Gasteiger partial charge on any atom is -0.287 e. The number of aryl methyl sites for hydroxylation is 1. The first kappa shape index (κ1) is 16.6. The predicted octanol–water partition coefficient (Wildman–Crippen LogP) is 1.52. The second kappa shape index (κ2) is 6.45. The third-order valence-electron chi connectivity index (χ3n) is 4.02. The molecular weight excluding hydrogens is 351 g/mol. The van der Waals surface area contributed by atoms with E-state index in [0.29, 0.717) is 5.69 Å². The molecule has 0 radical (unpaired) electrons. The van der Waals surface area contributed by atoms with Crippen molar-refractivity contribution in [1.82, 2.24) is 29.6 Å². The van der Waals surface area contributed by atoms with E-state index in [1.165, 1.54) is 30.1 Å². The second-order valence-electron chi connectivity index (χ2n) is 5.74. The van der Waals surface area contributed by atoms with Gasteiger partial charge in [0.25, 0.3) is 0 Å². The van der Waals surface area contributed by atoms with Crippen LogP contribution in [0.2, 0.25) is 0 Å². The van der Waals surface area contributed by atoms with Gasteiger partial charge in [-0.25, -0.2) is 13.9 Å². The van der Waals surface area contributed by atoms with Gasteiger partial charge in [-0.3, -0.25) is 4.79 Å². The third-order valence-corrected chi connectivity index (χ3v) is 4.02. The summed E-state index contributed by atoms with van der Waals surface area (Å²) >= 11 is 0. The highest BCUT2D eigenvalue weighted by atomic mass is 19.1. The van der Waals surface area contributed by atoms with Gasteiger partial charge in [-0.05, 0) is 40.8 Å². The number of aromatic nitrogens is 6. The van der Waals surface area contributed by atoms with Crippen molar-refractivity contribution in [1.29, 1.82) is 0 Å². The van der Waals surface area contributed by atoms with Crippen LogP contribution in [0.1, 0.15) is 16.1 Å². The molecule has 0 aliphatic rings. The van der Waals surface area contributed by atoms with Crippen molar-refractivity contribution in [2.75, 3.05) is 0 Å². The second-order valence-corrected chi connectivity index (χ2v) is 5.74. The van der Waals surface area contributed by atoms with Gasteiger partial charge in [0, 0.05) is 13.2 Å². The Morgan fingerprint density at radius 1 is 0.963 bits per heavy atom. The Kier molecular flexibility index (Phi) is 3.96. The molecule has 9 heteroatoms. The number of carbonyl (C=O) groups is 1. The quantitative estimate of drug-likeness (QED) is 0.513. The van der Waals surface area contributed by atoms with Crippen LogP contribution in [0.15, 0.2) is 65.6 Å². The van der Waals surface area contributed by atoms with Gasteiger partial charge < -0.3 is 0 Å². The number of hydrogen-bond donors (Lipinski definition) is 0. The van der Waals surface area contributed by atoms with Crippen LogP contribution in [0.5, 0.6) is 0 Å². The molecule has 0 bridgehead atoms. The molecule has 2 aromatic carbocycles. The maximum absolute atomic E-state index is 13.9. The molecule has 0 spiro atoms. The molecule has 4 rings (SSSR count). The van der Waals surface area contributed by atoms with Gasteiger partial charge >= 0.3 is 5.69 Å². The molecule has 0 saturated carbocycles. The molecule has 0 fully saturated rings. The number of rotatable bonds is 4. The number of nitrogens with zero attached hydrogens (tertiary/aromatic N) is 6. The van der Waals surface area contributed by atoms with Crippen LogP contribution in [0.4, 0.5) is 4.39 Å². The van der Waals surface area contributed by atoms with Gasteiger partial charge in [0.2, 0.25) is 5.78 Å².